The minimum atomic E-state index is 0.950. The number of rotatable bonds is 1. The summed E-state index contributed by atoms with van der Waals surface area (Å²) in [7, 11) is 0. The SMILES string of the molecule is CC1=CC=CC=CC1.c1nc(N2CCNCC2)co1. The molecule has 0 amide bonds. The Morgan fingerprint density at radius 1 is 1.21 bits per heavy atom. The summed E-state index contributed by atoms with van der Waals surface area (Å²) in [6.07, 6.45) is 14.8. The maximum atomic E-state index is 4.89. The monoisotopic (exact) mass is 259 g/mol. The van der Waals surface area contributed by atoms with Gasteiger partial charge in [0.2, 0.25) is 0 Å². The normalized spacial score (nSPS) is 18.4. The Balaban J connectivity index is 0.000000148. The average Bonchev–Trinajstić information content (AvgIpc) is 2.89. The zero-order valence-electron chi connectivity index (χ0n) is 11.4. The van der Waals surface area contributed by atoms with Gasteiger partial charge >= 0.3 is 0 Å². The number of piperazine rings is 1. The molecule has 0 atom stereocenters. The van der Waals surface area contributed by atoms with Crippen LogP contribution in [0.1, 0.15) is 13.3 Å². The third-order valence-electron chi connectivity index (χ3n) is 3.04. The predicted molar refractivity (Wildman–Crippen MR) is 78.2 cm³/mol. The molecular formula is C15H21N3O. The molecule has 1 aliphatic heterocycles. The first-order chi connectivity index (χ1) is 9.36. The zero-order chi connectivity index (χ0) is 13.3. The van der Waals surface area contributed by atoms with E-state index in [9.17, 15) is 0 Å². The fraction of sp³-hybridized carbons (Fsp3) is 0.400. The fourth-order valence-corrected chi connectivity index (χ4v) is 1.94. The van der Waals surface area contributed by atoms with Crippen molar-refractivity contribution in [1.29, 1.82) is 0 Å². The Morgan fingerprint density at radius 2 is 2.05 bits per heavy atom. The van der Waals surface area contributed by atoms with Gasteiger partial charge in [-0.15, -0.1) is 0 Å². The Labute approximate surface area is 114 Å². The minimum absolute atomic E-state index is 0.950. The van der Waals surface area contributed by atoms with Crippen LogP contribution >= 0.6 is 0 Å². The quantitative estimate of drug-likeness (QED) is 0.841. The average molecular weight is 259 g/mol. The lowest BCUT2D eigenvalue weighted by molar-refractivity contribution is 0.553. The molecule has 4 nitrogen and oxygen atoms in total. The minimum Gasteiger partial charge on any atom is -0.449 e. The second kappa shape index (κ2) is 7.59. The van der Waals surface area contributed by atoms with Crippen molar-refractivity contribution >= 4 is 5.82 Å². The molecule has 0 unspecified atom stereocenters. The number of anilines is 1. The van der Waals surface area contributed by atoms with Gasteiger partial charge in [-0.1, -0.05) is 36.0 Å². The Hall–Kier alpha value is -1.81. The second-order valence-corrected chi connectivity index (χ2v) is 4.61. The van der Waals surface area contributed by atoms with Crippen LogP contribution in [0.25, 0.3) is 0 Å². The second-order valence-electron chi connectivity index (χ2n) is 4.61. The molecule has 1 aromatic rings. The molecule has 1 saturated heterocycles. The van der Waals surface area contributed by atoms with Gasteiger partial charge in [0, 0.05) is 26.2 Å². The lowest BCUT2D eigenvalue weighted by atomic mass is 10.2. The van der Waals surface area contributed by atoms with E-state index < -0.39 is 0 Å². The van der Waals surface area contributed by atoms with Gasteiger partial charge in [-0.2, -0.15) is 4.98 Å². The first-order valence-corrected chi connectivity index (χ1v) is 6.69. The van der Waals surface area contributed by atoms with E-state index in [-0.39, 0.29) is 0 Å². The molecule has 2 heterocycles. The highest BCUT2D eigenvalue weighted by Gasteiger charge is 2.11. The van der Waals surface area contributed by atoms with Crippen LogP contribution in [0, 0.1) is 0 Å². The summed E-state index contributed by atoms with van der Waals surface area (Å²) >= 11 is 0. The fourth-order valence-electron chi connectivity index (χ4n) is 1.94. The molecule has 102 valence electrons. The van der Waals surface area contributed by atoms with Crippen LogP contribution in [0.5, 0.6) is 0 Å². The van der Waals surface area contributed by atoms with E-state index in [1.807, 2.05) is 0 Å². The third-order valence-corrected chi connectivity index (χ3v) is 3.04. The van der Waals surface area contributed by atoms with Crippen LogP contribution in [0.4, 0.5) is 5.82 Å². The summed E-state index contributed by atoms with van der Waals surface area (Å²) in [6, 6.07) is 0. The number of aromatic nitrogens is 1. The van der Waals surface area contributed by atoms with E-state index >= 15 is 0 Å². The number of nitrogens with one attached hydrogen (secondary N) is 1. The van der Waals surface area contributed by atoms with E-state index in [0.717, 1.165) is 38.4 Å². The van der Waals surface area contributed by atoms with Crippen LogP contribution in [-0.4, -0.2) is 31.2 Å². The lowest BCUT2D eigenvalue weighted by Crippen LogP contribution is -2.43. The largest absolute Gasteiger partial charge is 0.449 e. The zero-order valence-corrected chi connectivity index (χ0v) is 11.4. The van der Waals surface area contributed by atoms with Gasteiger partial charge < -0.3 is 14.6 Å². The smallest absolute Gasteiger partial charge is 0.182 e. The van der Waals surface area contributed by atoms with Crippen LogP contribution in [-0.2, 0) is 0 Å². The molecule has 1 aromatic heterocycles. The van der Waals surface area contributed by atoms with Gasteiger partial charge in [-0.25, -0.2) is 0 Å². The van der Waals surface area contributed by atoms with Crippen molar-refractivity contribution < 1.29 is 4.42 Å². The van der Waals surface area contributed by atoms with Gasteiger partial charge in [0.25, 0.3) is 0 Å². The predicted octanol–water partition coefficient (Wildman–Crippen LogP) is 2.53. The molecule has 19 heavy (non-hydrogen) atoms. The first kappa shape index (κ1) is 13.6. The Kier molecular flexibility index (Phi) is 5.44. The third kappa shape index (κ3) is 4.75. The summed E-state index contributed by atoms with van der Waals surface area (Å²) < 4.78 is 4.89. The van der Waals surface area contributed by atoms with Crippen molar-refractivity contribution in [3.63, 3.8) is 0 Å². The van der Waals surface area contributed by atoms with E-state index in [1.165, 1.54) is 12.0 Å². The summed E-state index contributed by atoms with van der Waals surface area (Å²) in [5.74, 6) is 0.950. The summed E-state index contributed by atoms with van der Waals surface area (Å²) in [4.78, 5) is 6.28. The number of nitrogens with zero attached hydrogens (tertiary/aromatic N) is 2. The topological polar surface area (TPSA) is 41.3 Å². The molecule has 0 aromatic carbocycles. The van der Waals surface area contributed by atoms with Crippen LogP contribution in [0.15, 0.2) is 53.0 Å². The van der Waals surface area contributed by atoms with Gasteiger partial charge in [0.1, 0.15) is 6.26 Å². The van der Waals surface area contributed by atoms with Crippen molar-refractivity contribution in [2.45, 2.75) is 13.3 Å². The highest BCUT2D eigenvalue weighted by atomic mass is 16.3. The van der Waals surface area contributed by atoms with Gasteiger partial charge in [0.15, 0.2) is 12.2 Å². The van der Waals surface area contributed by atoms with E-state index in [2.05, 4.69) is 52.5 Å². The number of hydrogen-bond acceptors (Lipinski definition) is 4. The molecule has 3 rings (SSSR count). The van der Waals surface area contributed by atoms with Gasteiger partial charge in [0.05, 0.1) is 0 Å². The first-order valence-electron chi connectivity index (χ1n) is 6.69. The standard InChI is InChI=1S/C8H10.C7H11N3O/c1-8-6-4-2-3-5-7-8;1-3-10(4-2-8-1)7-5-11-6-9-7/h2-6H,7H2,1H3;5-6,8H,1-4H2. The molecule has 0 saturated carbocycles. The highest BCUT2D eigenvalue weighted by molar-refractivity contribution is 5.34. The maximum absolute atomic E-state index is 4.89. The molecular weight excluding hydrogens is 238 g/mol. The molecule has 1 N–H and O–H groups in total. The molecule has 4 heteroatoms. The van der Waals surface area contributed by atoms with Crippen LogP contribution < -0.4 is 10.2 Å². The maximum Gasteiger partial charge on any atom is 0.182 e. The van der Waals surface area contributed by atoms with Gasteiger partial charge in [-0.05, 0) is 13.3 Å². The summed E-state index contributed by atoms with van der Waals surface area (Å²) in [6.45, 7) is 6.25. The van der Waals surface area contributed by atoms with Crippen LogP contribution in [0.2, 0.25) is 0 Å². The lowest BCUT2D eigenvalue weighted by Gasteiger charge is -2.26. The number of hydrogen-bond donors (Lipinski definition) is 1. The summed E-state index contributed by atoms with van der Waals surface area (Å²) in [5.41, 5.74) is 1.43. The molecule has 1 aliphatic carbocycles. The van der Waals surface area contributed by atoms with E-state index in [1.54, 1.807) is 6.26 Å². The number of allylic oxidation sites excluding steroid dienone is 6. The Morgan fingerprint density at radius 3 is 2.79 bits per heavy atom. The van der Waals surface area contributed by atoms with Crippen LogP contribution in [0.3, 0.4) is 0 Å². The van der Waals surface area contributed by atoms with Crippen molar-refractivity contribution in [2.75, 3.05) is 31.1 Å². The van der Waals surface area contributed by atoms with Crippen molar-refractivity contribution in [1.82, 2.24) is 10.3 Å². The van der Waals surface area contributed by atoms with Gasteiger partial charge in [-0.3, -0.25) is 0 Å². The molecule has 1 fully saturated rings. The molecule has 0 radical (unpaired) electrons. The Bertz CT molecular complexity index is 440. The van der Waals surface area contributed by atoms with E-state index in [0.29, 0.717) is 0 Å². The van der Waals surface area contributed by atoms with Crippen molar-refractivity contribution in [3.05, 3.63) is 48.6 Å². The number of oxazole rings is 1. The molecule has 0 bridgehead atoms. The highest BCUT2D eigenvalue weighted by Crippen LogP contribution is 2.09. The van der Waals surface area contributed by atoms with E-state index in [4.69, 9.17) is 4.42 Å². The van der Waals surface area contributed by atoms with Crippen molar-refractivity contribution in [3.8, 4) is 0 Å². The van der Waals surface area contributed by atoms with Crippen molar-refractivity contribution in [2.24, 2.45) is 0 Å². The molecule has 0 spiro atoms. The summed E-state index contributed by atoms with van der Waals surface area (Å²) in [5, 5.41) is 3.28. The molecule has 2 aliphatic rings.